The van der Waals surface area contributed by atoms with Crippen LogP contribution >= 0.6 is 0 Å². The summed E-state index contributed by atoms with van der Waals surface area (Å²) in [6.45, 7) is 2.03. The van der Waals surface area contributed by atoms with Crippen molar-refractivity contribution < 1.29 is 27.5 Å². The number of amides is 1. The lowest BCUT2D eigenvalue weighted by Gasteiger charge is -2.36. The fraction of sp³-hybridized carbons (Fsp3) is 0.438. The quantitative estimate of drug-likeness (QED) is 0.821. The summed E-state index contributed by atoms with van der Waals surface area (Å²) in [5.74, 6) is -1.91. The summed E-state index contributed by atoms with van der Waals surface area (Å²) in [4.78, 5) is 17.1. The zero-order chi connectivity index (χ0) is 19.3. The average Bonchev–Trinajstić information content (AvgIpc) is 2.98. The highest BCUT2D eigenvalue weighted by Gasteiger charge is 2.57. The first-order chi connectivity index (χ1) is 12.0. The van der Waals surface area contributed by atoms with Gasteiger partial charge < -0.3 is 10.0 Å². The van der Waals surface area contributed by atoms with Crippen molar-refractivity contribution in [1.29, 1.82) is 0 Å². The number of nitrogens with zero attached hydrogens (tertiary/aromatic N) is 4. The van der Waals surface area contributed by atoms with E-state index in [1.807, 2.05) is 0 Å². The number of carbonyl (C=O) groups is 1. The molecule has 140 valence electrons. The highest BCUT2D eigenvalue weighted by Crippen LogP contribution is 2.35. The molecule has 10 heteroatoms. The Labute approximate surface area is 146 Å². The van der Waals surface area contributed by atoms with Gasteiger partial charge in [-0.15, -0.1) is 0 Å². The fourth-order valence-electron chi connectivity index (χ4n) is 2.99. The smallest absolute Gasteiger partial charge is 0.373 e. The van der Waals surface area contributed by atoms with E-state index in [1.54, 1.807) is 6.92 Å². The lowest BCUT2D eigenvalue weighted by atomic mass is 9.95. The second kappa shape index (κ2) is 6.04. The summed E-state index contributed by atoms with van der Waals surface area (Å²) in [5.41, 5.74) is -2.24. The number of alkyl halides is 3. The Hall–Kier alpha value is -2.49. The van der Waals surface area contributed by atoms with Crippen LogP contribution in [-0.4, -0.2) is 49.0 Å². The normalized spacial score (nSPS) is 19.8. The van der Waals surface area contributed by atoms with Gasteiger partial charge in [0.2, 0.25) is 5.60 Å². The molecule has 1 N–H and O–H groups in total. The molecule has 6 nitrogen and oxygen atoms in total. The van der Waals surface area contributed by atoms with Crippen LogP contribution in [0.5, 0.6) is 0 Å². The molecule has 0 radical (unpaired) electrons. The Bertz CT molecular complexity index is 830. The van der Waals surface area contributed by atoms with Crippen LogP contribution in [0.1, 0.15) is 31.0 Å². The van der Waals surface area contributed by atoms with Crippen LogP contribution < -0.4 is 0 Å². The zero-order valence-electron chi connectivity index (χ0n) is 14.0. The molecule has 0 aromatic carbocycles. The second-order valence-corrected chi connectivity index (χ2v) is 6.46. The number of hydrogen-bond donors (Lipinski definition) is 1. The Kier molecular flexibility index (Phi) is 4.26. The number of rotatable bonds is 2. The Morgan fingerprint density at radius 3 is 2.58 bits per heavy atom. The number of carbonyl (C=O) groups excluding carboxylic acids is 1. The first-order valence-electron chi connectivity index (χ1n) is 7.79. The van der Waals surface area contributed by atoms with E-state index in [-0.39, 0.29) is 19.0 Å². The second-order valence-electron chi connectivity index (χ2n) is 6.46. The van der Waals surface area contributed by atoms with Gasteiger partial charge in [-0.1, -0.05) is 6.92 Å². The van der Waals surface area contributed by atoms with Crippen molar-refractivity contribution in [3.05, 3.63) is 41.6 Å². The minimum Gasteiger partial charge on any atom is -0.373 e. The predicted molar refractivity (Wildman–Crippen MR) is 81.8 cm³/mol. The maximum Gasteiger partial charge on any atom is 0.426 e. The SMILES string of the molecule is C[C@H]1CN(C(=O)C(C)(O)C(F)(F)F)Cc2cnn(-c3ccc(F)cn3)c21. The van der Waals surface area contributed by atoms with Crippen LogP contribution in [0.2, 0.25) is 0 Å². The summed E-state index contributed by atoms with van der Waals surface area (Å²) in [6.07, 6.45) is -2.61. The molecule has 0 saturated heterocycles. The number of pyridine rings is 1. The van der Waals surface area contributed by atoms with E-state index in [1.165, 1.54) is 23.0 Å². The first-order valence-corrected chi connectivity index (χ1v) is 7.79. The van der Waals surface area contributed by atoms with Gasteiger partial charge in [-0.05, 0) is 19.1 Å². The van der Waals surface area contributed by atoms with E-state index in [4.69, 9.17) is 0 Å². The molecule has 3 rings (SSSR count). The van der Waals surface area contributed by atoms with Crippen molar-refractivity contribution in [3.8, 4) is 5.82 Å². The van der Waals surface area contributed by atoms with E-state index in [0.29, 0.717) is 24.0 Å². The van der Waals surface area contributed by atoms with Crippen LogP contribution in [0.15, 0.2) is 24.5 Å². The van der Waals surface area contributed by atoms with Crippen LogP contribution in [0.3, 0.4) is 0 Å². The minimum absolute atomic E-state index is 0.0229. The van der Waals surface area contributed by atoms with Gasteiger partial charge in [0.15, 0.2) is 5.82 Å². The predicted octanol–water partition coefficient (Wildman–Crippen LogP) is 2.17. The third-order valence-corrected chi connectivity index (χ3v) is 4.39. The molecule has 0 saturated carbocycles. The van der Waals surface area contributed by atoms with Crippen LogP contribution in [0.4, 0.5) is 17.6 Å². The molecular weight excluding hydrogens is 356 g/mol. The molecule has 0 spiro atoms. The number of hydrogen-bond acceptors (Lipinski definition) is 4. The standard InChI is InChI=1S/C16H16F4N4O2/c1-9-7-23(14(25)15(2,26)16(18,19)20)8-10-5-22-24(13(9)10)12-4-3-11(17)6-21-12/h3-6,9,26H,7-8H2,1-2H3/t9-,15?/m0/s1. The number of halogens is 4. The van der Waals surface area contributed by atoms with Gasteiger partial charge in [-0.25, -0.2) is 14.1 Å². The monoisotopic (exact) mass is 372 g/mol. The van der Waals surface area contributed by atoms with Gasteiger partial charge in [-0.3, -0.25) is 4.79 Å². The summed E-state index contributed by atoms with van der Waals surface area (Å²) in [5, 5.41) is 13.8. The maximum absolute atomic E-state index is 13.0. The molecule has 2 aromatic heterocycles. The summed E-state index contributed by atoms with van der Waals surface area (Å²) < 4.78 is 53.3. The summed E-state index contributed by atoms with van der Waals surface area (Å²) in [6, 6.07) is 2.65. The molecule has 2 atom stereocenters. The number of aromatic nitrogens is 3. The molecule has 2 aromatic rings. The summed E-state index contributed by atoms with van der Waals surface area (Å²) >= 11 is 0. The first kappa shape index (κ1) is 18.3. The van der Waals surface area contributed by atoms with Crippen LogP contribution in [0, 0.1) is 5.82 Å². The maximum atomic E-state index is 13.0. The molecule has 0 bridgehead atoms. The van der Waals surface area contributed by atoms with Crippen LogP contribution in [0.25, 0.3) is 5.82 Å². The van der Waals surface area contributed by atoms with E-state index < -0.39 is 23.5 Å². The van der Waals surface area contributed by atoms with Crippen molar-refractivity contribution in [2.75, 3.05) is 6.54 Å². The summed E-state index contributed by atoms with van der Waals surface area (Å²) in [7, 11) is 0. The van der Waals surface area contributed by atoms with Gasteiger partial charge in [0.25, 0.3) is 5.91 Å². The van der Waals surface area contributed by atoms with E-state index in [2.05, 4.69) is 10.1 Å². The number of aliphatic hydroxyl groups is 1. The highest BCUT2D eigenvalue weighted by atomic mass is 19.4. The van der Waals surface area contributed by atoms with Crippen molar-refractivity contribution in [3.63, 3.8) is 0 Å². The Morgan fingerprint density at radius 1 is 1.31 bits per heavy atom. The molecule has 26 heavy (non-hydrogen) atoms. The highest BCUT2D eigenvalue weighted by molar-refractivity contribution is 5.85. The molecular formula is C16H16F4N4O2. The molecule has 0 aliphatic carbocycles. The van der Waals surface area contributed by atoms with Gasteiger partial charge in [0, 0.05) is 24.6 Å². The van der Waals surface area contributed by atoms with E-state index in [9.17, 15) is 27.5 Å². The van der Waals surface area contributed by atoms with Crippen molar-refractivity contribution in [2.24, 2.45) is 0 Å². The van der Waals surface area contributed by atoms with Gasteiger partial charge in [0.05, 0.1) is 18.1 Å². The van der Waals surface area contributed by atoms with E-state index in [0.717, 1.165) is 11.1 Å². The van der Waals surface area contributed by atoms with Gasteiger partial charge in [0.1, 0.15) is 5.82 Å². The fourth-order valence-corrected chi connectivity index (χ4v) is 2.99. The van der Waals surface area contributed by atoms with Gasteiger partial charge in [-0.2, -0.15) is 18.3 Å². The number of fused-ring (bicyclic) bond motifs is 1. The van der Waals surface area contributed by atoms with Crippen molar-refractivity contribution in [2.45, 2.75) is 38.1 Å². The molecule has 3 heterocycles. The average molecular weight is 372 g/mol. The molecule has 1 aliphatic rings. The van der Waals surface area contributed by atoms with Crippen LogP contribution in [-0.2, 0) is 11.3 Å². The Morgan fingerprint density at radius 2 is 2.00 bits per heavy atom. The third-order valence-electron chi connectivity index (χ3n) is 4.39. The van der Waals surface area contributed by atoms with Crippen molar-refractivity contribution >= 4 is 5.91 Å². The van der Waals surface area contributed by atoms with E-state index >= 15 is 0 Å². The zero-order valence-corrected chi connectivity index (χ0v) is 14.0. The molecule has 1 amide bonds. The minimum atomic E-state index is -5.07. The topological polar surface area (TPSA) is 71.2 Å². The lowest BCUT2D eigenvalue weighted by molar-refractivity contribution is -0.250. The lowest BCUT2D eigenvalue weighted by Crippen LogP contribution is -2.57. The molecule has 1 aliphatic heterocycles. The largest absolute Gasteiger partial charge is 0.426 e. The third kappa shape index (κ3) is 2.94. The van der Waals surface area contributed by atoms with Gasteiger partial charge >= 0.3 is 6.18 Å². The molecule has 0 fully saturated rings. The molecule has 1 unspecified atom stereocenters. The van der Waals surface area contributed by atoms with Crippen molar-refractivity contribution in [1.82, 2.24) is 19.7 Å². The Balaban J connectivity index is 1.91.